The Balaban J connectivity index is 1.59. The van der Waals surface area contributed by atoms with Crippen LogP contribution in [0.5, 0.6) is 0 Å². The number of nitrogens with zero attached hydrogens (tertiary/aromatic N) is 3. The van der Waals surface area contributed by atoms with Gasteiger partial charge in [0.2, 0.25) is 0 Å². The lowest BCUT2D eigenvalue weighted by molar-refractivity contribution is -0.322. The highest BCUT2D eigenvalue weighted by molar-refractivity contribution is 5.94. The monoisotopic (exact) mass is 410 g/mol. The second-order valence-electron chi connectivity index (χ2n) is 7.02. The Morgan fingerprint density at radius 2 is 1.83 bits per heavy atom. The van der Waals surface area contributed by atoms with E-state index in [2.05, 4.69) is 15.3 Å². The highest BCUT2D eigenvalue weighted by atomic mass is 16.7. The van der Waals surface area contributed by atoms with Crippen molar-refractivity contribution in [2.24, 2.45) is 5.11 Å². The predicted octanol–water partition coefficient (Wildman–Crippen LogP) is 2.95. The van der Waals surface area contributed by atoms with E-state index in [1.165, 1.54) is 7.11 Å². The van der Waals surface area contributed by atoms with Crippen molar-refractivity contribution in [3.63, 3.8) is 0 Å². The van der Waals surface area contributed by atoms with Crippen LogP contribution in [0.25, 0.3) is 10.4 Å². The molecule has 0 radical (unpaired) electrons. The van der Waals surface area contributed by atoms with Gasteiger partial charge in [0.25, 0.3) is 5.91 Å². The molecule has 0 aliphatic carbocycles. The average molecular weight is 410 g/mol. The molecule has 0 spiro atoms. The number of carbonyl (C=O) groups is 1. The number of azide groups is 1. The van der Waals surface area contributed by atoms with Crippen LogP contribution in [-0.2, 0) is 18.9 Å². The van der Waals surface area contributed by atoms with Gasteiger partial charge in [0.05, 0.1) is 18.7 Å². The third kappa shape index (κ3) is 4.16. The largest absolute Gasteiger partial charge is 0.354 e. The van der Waals surface area contributed by atoms with Crippen molar-refractivity contribution in [1.29, 1.82) is 0 Å². The second-order valence-corrected chi connectivity index (χ2v) is 7.02. The third-order valence-electron chi connectivity index (χ3n) is 5.19. The zero-order valence-corrected chi connectivity index (χ0v) is 16.3. The molecule has 1 N–H and O–H groups in total. The van der Waals surface area contributed by atoms with Gasteiger partial charge in [-0.15, -0.1) is 0 Å². The first kappa shape index (κ1) is 20.3. The normalized spacial score (nSPS) is 30.6. The van der Waals surface area contributed by atoms with Gasteiger partial charge in [0, 0.05) is 23.1 Å². The first-order valence-corrected chi connectivity index (χ1v) is 9.61. The Bertz CT molecular complexity index is 906. The molecule has 6 atom stereocenters. The summed E-state index contributed by atoms with van der Waals surface area (Å²) >= 11 is 0. The number of rotatable bonds is 5. The van der Waals surface area contributed by atoms with Crippen molar-refractivity contribution in [2.45, 2.75) is 36.9 Å². The first-order valence-electron chi connectivity index (χ1n) is 9.61. The number of nitrogens with one attached hydrogen (secondary N) is 1. The van der Waals surface area contributed by atoms with Gasteiger partial charge in [0.1, 0.15) is 12.2 Å². The molecule has 2 fully saturated rings. The molecule has 2 aromatic carbocycles. The molecular weight excluding hydrogens is 388 g/mol. The van der Waals surface area contributed by atoms with Crippen LogP contribution >= 0.6 is 0 Å². The van der Waals surface area contributed by atoms with E-state index in [0.29, 0.717) is 5.56 Å². The van der Waals surface area contributed by atoms with Gasteiger partial charge in [-0.3, -0.25) is 4.79 Å². The van der Waals surface area contributed by atoms with Gasteiger partial charge in [-0.2, -0.15) is 0 Å². The van der Waals surface area contributed by atoms with Crippen LogP contribution < -0.4 is 5.32 Å². The highest BCUT2D eigenvalue weighted by Gasteiger charge is 2.50. The molecule has 2 aliphatic rings. The molecule has 2 saturated heterocycles. The van der Waals surface area contributed by atoms with E-state index in [9.17, 15) is 10.3 Å². The van der Waals surface area contributed by atoms with E-state index >= 15 is 0 Å². The molecule has 30 heavy (non-hydrogen) atoms. The Morgan fingerprint density at radius 1 is 1.13 bits per heavy atom. The van der Waals surface area contributed by atoms with Crippen molar-refractivity contribution < 1.29 is 23.7 Å². The van der Waals surface area contributed by atoms with Crippen molar-refractivity contribution in [1.82, 2.24) is 5.32 Å². The van der Waals surface area contributed by atoms with Crippen LogP contribution in [0.3, 0.4) is 0 Å². The van der Waals surface area contributed by atoms with Gasteiger partial charge in [-0.05, 0) is 17.7 Å². The minimum atomic E-state index is -0.824. The molecule has 2 heterocycles. The van der Waals surface area contributed by atoms with Crippen molar-refractivity contribution >= 4 is 5.91 Å². The number of hydrogen-bond donors (Lipinski definition) is 1. The first-order chi connectivity index (χ1) is 14.7. The fourth-order valence-corrected chi connectivity index (χ4v) is 3.75. The van der Waals surface area contributed by atoms with E-state index < -0.39 is 36.9 Å². The number of carbonyl (C=O) groups excluding carboxylic acids is 1. The Hall–Kier alpha value is -2.94. The zero-order chi connectivity index (χ0) is 20.9. The van der Waals surface area contributed by atoms with E-state index in [1.807, 2.05) is 36.4 Å². The lowest BCUT2D eigenvalue weighted by Crippen LogP contribution is -2.66. The maximum Gasteiger partial charge on any atom is 0.251 e. The molecule has 2 aliphatic heterocycles. The summed E-state index contributed by atoms with van der Waals surface area (Å²) in [6, 6.07) is 16.7. The third-order valence-corrected chi connectivity index (χ3v) is 5.19. The molecule has 156 valence electrons. The topological polar surface area (TPSA) is 115 Å². The Morgan fingerprint density at radius 3 is 2.50 bits per heavy atom. The summed E-state index contributed by atoms with van der Waals surface area (Å²) in [7, 11) is 1.47. The van der Waals surface area contributed by atoms with Gasteiger partial charge >= 0.3 is 0 Å². The van der Waals surface area contributed by atoms with Gasteiger partial charge in [-0.1, -0.05) is 53.6 Å². The summed E-state index contributed by atoms with van der Waals surface area (Å²) in [6.07, 6.45) is -2.57. The predicted molar refractivity (Wildman–Crippen MR) is 106 cm³/mol. The Kier molecular flexibility index (Phi) is 6.27. The lowest BCUT2D eigenvalue weighted by Gasteiger charge is -2.48. The van der Waals surface area contributed by atoms with Crippen LogP contribution in [0.15, 0.2) is 65.8 Å². The van der Waals surface area contributed by atoms with Crippen LogP contribution in [0.4, 0.5) is 0 Å². The quantitative estimate of drug-likeness (QED) is 0.462. The fourth-order valence-electron chi connectivity index (χ4n) is 3.75. The van der Waals surface area contributed by atoms with Crippen LogP contribution in [0, 0.1) is 0 Å². The molecule has 9 nitrogen and oxygen atoms in total. The van der Waals surface area contributed by atoms with Gasteiger partial charge in [0.15, 0.2) is 12.6 Å². The summed E-state index contributed by atoms with van der Waals surface area (Å²) < 4.78 is 23.4. The smallest absolute Gasteiger partial charge is 0.251 e. The minimum absolute atomic E-state index is 0.237. The van der Waals surface area contributed by atoms with E-state index in [1.54, 1.807) is 24.3 Å². The van der Waals surface area contributed by atoms with Crippen molar-refractivity contribution in [2.75, 3.05) is 13.7 Å². The fraction of sp³-hybridized carbons (Fsp3) is 0.381. The molecule has 1 amide bonds. The molecule has 4 rings (SSSR count). The number of methoxy groups -OCH3 is 1. The molecule has 9 heteroatoms. The maximum atomic E-state index is 12.7. The van der Waals surface area contributed by atoms with E-state index in [4.69, 9.17) is 18.9 Å². The molecular formula is C21H22N4O5. The lowest BCUT2D eigenvalue weighted by atomic mass is 9.93. The summed E-state index contributed by atoms with van der Waals surface area (Å²) in [5.41, 5.74) is 10.5. The molecule has 0 bridgehead atoms. The number of hydrogen-bond acceptors (Lipinski definition) is 6. The highest BCUT2D eigenvalue weighted by Crippen LogP contribution is 2.35. The molecule has 0 saturated carbocycles. The van der Waals surface area contributed by atoms with Crippen molar-refractivity contribution in [3.8, 4) is 0 Å². The summed E-state index contributed by atoms with van der Waals surface area (Å²) in [4.78, 5) is 15.7. The number of amides is 1. The van der Waals surface area contributed by atoms with E-state index in [-0.39, 0.29) is 12.5 Å². The number of fused-ring (bicyclic) bond motifs is 1. The molecule has 2 aromatic rings. The van der Waals surface area contributed by atoms with Crippen LogP contribution in [0.1, 0.15) is 22.2 Å². The number of ether oxygens (including phenoxy) is 4. The van der Waals surface area contributed by atoms with Gasteiger partial charge < -0.3 is 24.3 Å². The van der Waals surface area contributed by atoms with E-state index in [0.717, 1.165) is 5.56 Å². The van der Waals surface area contributed by atoms with Crippen LogP contribution in [0.2, 0.25) is 0 Å². The second kappa shape index (κ2) is 9.25. The van der Waals surface area contributed by atoms with Crippen molar-refractivity contribution in [3.05, 3.63) is 82.2 Å². The Labute approximate surface area is 173 Å². The summed E-state index contributed by atoms with van der Waals surface area (Å²) in [5.74, 6) is -0.325. The molecule has 0 unspecified atom stereocenters. The number of benzene rings is 2. The SMILES string of the molecule is CO[C@H]1O[C@H]2CO[C@H](c3ccccc3)O[C@H]2[C@@H](N=[N+]=[N-])[C@H]1NC(=O)c1ccccc1. The molecule has 0 aromatic heterocycles. The van der Waals surface area contributed by atoms with Crippen LogP contribution in [-0.4, -0.2) is 50.2 Å². The summed E-state index contributed by atoms with van der Waals surface area (Å²) in [5, 5.41) is 6.83. The van der Waals surface area contributed by atoms with Gasteiger partial charge in [-0.25, -0.2) is 0 Å². The summed E-state index contributed by atoms with van der Waals surface area (Å²) in [6.45, 7) is 0.237. The minimum Gasteiger partial charge on any atom is -0.354 e. The standard InChI is InChI=1S/C21H22N4O5/c1-27-21-17(23-19(26)13-8-4-2-5-9-13)16(24-25-22)18-15(29-21)12-28-20(30-18)14-10-6-3-7-11-14/h2-11,15-18,20-21H,12H2,1H3,(H,23,26)/t15-,16-,17+,18+,20-,21-/m0/s1. The zero-order valence-electron chi connectivity index (χ0n) is 16.3. The average Bonchev–Trinajstić information content (AvgIpc) is 2.81. The maximum absolute atomic E-state index is 12.7.